The molecule has 1 aliphatic heterocycles. The number of hydrogen-bond donors (Lipinski definition) is 2. The molecular weight excluding hydrogens is 284 g/mol. The van der Waals surface area contributed by atoms with Crippen LogP contribution >= 0.6 is 23.4 Å². The van der Waals surface area contributed by atoms with Crippen LogP contribution in [0.15, 0.2) is 29.2 Å². The number of benzene rings is 1. The van der Waals surface area contributed by atoms with E-state index in [-0.39, 0.29) is 17.6 Å². The van der Waals surface area contributed by atoms with Gasteiger partial charge < -0.3 is 10.6 Å². The minimum Gasteiger partial charge on any atom is -0.354 e. The molecule has 4 nitrogen and oxygen atoms in total. The highest BCUT2D eigenvalue weighted by atomic mass is 35.5. The van der Waals surface area contributed by atoms with Gasteiger partial charge in [-0.05, 0) is 25.0 Å². The SMILES string of the molecule is O=C(CSc1ccccc1Cl)N[C@H]1CCCNC1=O. The van der Waals surface area contributed by atoms with Crippen molar-refractivity contribution in [3.63, 3.8) is 0 Å². The van der Waals surface area contributed by atoms with Gasteiger partial charge in [0.2, 0.25) is 11.8 Å². The Bertz CT molecular complexity index is 481. The van der Waals surface area contributed by atoms with Crippen LogP contribution in [-0.4, -0.2) is 30.2 Å². The summed E-state index contributed by atoms with van der Waals surface area (Å²) in [7, 11) is 0. The number of rotatable bonds is 4. The van der Waals surface area contributed by atoms with Gasteiger partial charge in [0, 0.05) is 11.4 Å². The number of nitrogens with one attached hydrogen (secondary N) is 2. The van der Waals surface area contributed by atoms with E-state index in [9.17, 15) is 9.59 Å². The zero-order valence-corrected chi connectivity index (χ0v) is 11.9. The van der Waals surface area contributed by atoms with Crippen LogP contribution in [0.25, 0.3) is 0 Å². The minimum absolute atomic E-state index is 0.0951. The topological polar surface area (TPSA) is 58.2 Å². The molecule has 0 spiro atoms. The molecule has 0 bridgehead atoms. The number of hydrogen-bond acceptors (Lipinski definition) is 3. The monoisotopic (exact) mass is 298 g/mol. The molecule has 0 aliphatic carbocycles. The molecule has 1 aromatic rings. The zero-order chi connectivity index (χ0) is 13.7. The average Bonchev–Trinajstić information content (AvgIpc) is 2.40. The summed E-state index contributed by atoms with van der Waals surface area (Å²) in [5.74, 6) is 0.0161. The summed E-state index contributed by atoms with van der Waals surface area (Å²) in [4.78, 5) is 24.2. The molecule has 6 heteroatoms. The van der Waals surface area contributed by atoms with Crippen LogP contribution in [0, 0.1) is 0 Å². The Balaban J connectivity index is 1.81. The van der Waals surface area contributed by atoms with E-state index in [0.29, 0.717) is 18.0 Å². The van der Waals surface area contributed by atoms with Gasteiger partial charge in [0.15, 0.2) is 0 Å². The third-order valence-corrected chi connectivity index (χ3v) is 4.33. The van der Waals surface area contributed by atoms with E-state index in [4.69, 9.17) is 11.6 Å². The molecule has 102 valence electrons. The molecule has 1 atom stereocenters. The van der Waals surface area contributed by atoms with Crippen LogP contribution in [0.5, 0.6) is 0 Å². The molecule has 2 N–H and O–H groups in total. The summed E-state index contributed by atoms with van der Waals surface area (Å²) in [6, 6.07) is 6.98. The van der Waals surface area contributed by atoms with Gasteiger partial charge in [-0.3, -0.25) is 9.59 Å². The lowest BCUT2D eigenvalue weighted by atomic mass is 10.1. The smallest absolute Gasteiger partial charge is 0.242 e. The first-order chi connectivity index (χ1) is 9.16. The van der Waals surface area contributed by atoms with Crippen molar-refractivity contribution in [2.75, 3.05) is 12.3 Å². The van der Waals surface area contributed by atoms with Crippen molar-refractivity contribution >= 4 is 35.2 Å². The summed E-state index contributed by atoms with van der Waals surface area (Å²) in [5, 5.41) is 6.12. The van der Waals surface area contributed by atoms with E-state index in [1.807, 2.05) is 18.2 Å². The Morgan fingerprint density at radius 1 is 1.47 bits per heavy atom. The largest absolute Gasteiger partial charge is 0.354 e. The Hall–Kier alpha value is -1.20. The second kappa shape index (κ2) is 6.82. The van der Waals surface area contributed by atoms with Crippen molar-refractivity contribution < 1.29 is 9.59 Å². The normalized spacial score (nSPS) is 18.8. The van der Waals surface area contributed by atoms with Gasteiger partial charge in [-0.25, -0.2) is 0 Å². The number of halogens is 1. The fourth-order valence-electron chi connectivity index (χ4n) is 1.85. The van der Waals surface area contributed by atoms with E-state index in [1.165, 1.54) is 11.8 Å². The van der Waals surface area contributed by atoms with Gasteiger partial charge in [0.25, 0.3) is 0 Å². The van der Waals surface area contributed by atoms with Gasteiger partial charge >= 0.3 is 0 Å². The fraction of sp³-hybridized carbons (Fsp3) is 0.385. The van der Waals surface area contributed by atoms with E-state index >= 15 is 0 Å². The highest BCUT2D eigenvalue weighted by Crippen LogP contribution is 2.26. The first-order valence-corrected chi connectivity index (χ1v) is 7.47. The molecule has 0 saturated carbocycles. The van der Waals surface area contributed by atoms with E-state index in [1.54, 1.807) is 6.07 Å². The lowest BCUT2D eigenvalue weighted by molar-refractivity contribution is -0.129. The Morgan fingerprint density at radius 3 is 3.00 bits per heavy atom. The predicted octanol–water partition coefficient (Wildman–Crippen LogP) is 1.83. The fourth-order valence-corrected chi connectivity index (χ4v) is 2.90. The van der Waals surface area contributed by atoms with Crippen molar-refractivity contribution in [1.82, 2.24) is 10.6 Å². The minimum atomic E-state index is -0.395. The molecular formula is C13H15ClN2O2S. The molecule has 0 radical (unpaired) electrons. The lowest BCUT2D eigenvalue weighted by Crippen LogP contribution is -2.50. The molecule has 0 unspecified atom stereocenters. The second-order valence-corrected chi connectivity index (χ2v) is 5.70. The first kappa shape index (κ1) is 14.2. The highest BCUT2D eigenvalue weighted by Gasteiger charge is 2.23. The molecule has 1 aliphatic rings. The third-order valence-electron chi connectivity index (χ3n) is 2.82. The number of carbonyl (C=O) groups is 2. The lowest BCUT2D eigenvalue weighted by Gasteiger charge is -2.22. The van der Waals surface area contributed by atoms with Crippen LogP contribution in [0.2, 0.25) is 5.02 Å². The van der Waals surface area contributed by atoms with E-state index in [2.05, 4.69) is 10.6 Å². The van der Waals surface area contributed by atoms with Crippen molar-refractivity contribution in [3.8, 4) is 0 Å². The molecule has 1 aromatic carbocycles. The molecule has 2 amide bonds. The van der Waals surface area contributed by atoms with Crippen molar-refractivity contribution in [2.24, 2.45) is 0 Å². The molecule has 2 rings (SSSR count). The molecule has 0 aromatic heterocycles. The number of piperidine rings is 1. The van der Waals surface area contributed by atoms with E-state index in [0.717, 1.165) is 11.3 Å². The van der Waals surface area contributed by atoms with Crippen molar-refractivity contribution in [3.05, 3.63) is 29.3 Å². The van der Waals surface area contributed by atoms with Crippen LogP contribution < -0.4 is 10.6 Å². The molecule has 1 fully saturated rings. The van der Waals surface area contributed by atoms with Gasteiger partial charge in [-0.2, -0.15) is 0 Å². The Morgan fingerprint density at radius 2 is 2.26 bits per heavy atom. The summed E-state index contributed by atoms with van der Waals surface area (Å²) in [6.45, 7) is 0.694. The average molecular weight is 299 g/mol. The van der Waals surface area contributed by atoms with Crippen LogP contribution in [0.3, 0.4) is 0 Å². The van der Waals surface area contributed by atoms with E-state index < -0.39 is 6.04 Å². The van der Waals surface area contributed by atoms with Gasteiger partial charge in [0.1, 0.15) is 6.04 Å². The Kier molecular flexibility index (Phi) is 5.10. The number of amides is 2. The molecule has 1 saturated heterocycles. The summed E-state index contributed by atoms with van der Waals surface area (Å²) in [6.07, 6.45) is 1.60. The van der Waals surface area contributed by atoms with Crippen LogP contribution in [-0.2, 0) is 9.59 Å². The zero-order valence-electron chi connectivity index (χ0n) is 10.3. The summed E-state index contributed by atoms with van der Waals surface area (Å²) in [5.41, 5.74) is 0. The van der Waals surface area contributed by atoms with Gasteiger partial charge in [0.05, 0.1) is 10.8 Å². The second-order valence-electron chi connectivity index (χ2n) is 4.27. The summed E-state index contributed by atoms with van der Waals surface area (Å²) < 4.78 is 0. The number of thioether (sulfide) groups is 1. The van der Waals surface area contributed by atoms with Crippen molar-refractivity contribution in [1.29, 1.82) is 0 Å². The Labute approximate surface area is 121 Å². The molecule has 19 heavy (non-hydrogen) atoms. The van der Waals surface area contributed by atoms with Crippen LogP contribution in [0.4, 0.5) is 0 Å². The van der Waals surface area contributed by atoms with Crippen LogP contribution in [0.1, 0.15) is 12.8 Å². The molecule has 1 heterocycles. The third kappa shape index (κ3) is 4.14. The van der Waals surface area contributed by atoms with Crippen molar-refractivity contribution in [2.45, 2.75) is 23.8 Å². The predicted molar refractivity (Wildman–Crippen MR) is 76.4 cm³/mol. The highest BCUT2D eigenvalue weighted by molar-refractivity contribution is 8.00. The maximum absolute atomic E-state index is 11.8. The quantitative estimate of drug-likeness (QED) is 0.834. The number of carbonyl (C=O) groups excluding carboxylic acids is 2. The first-order valence-electron chi connectivity index (χ1n) is 6.11. The van der Waals surface area contributed by atoms with Gasteiger partial charge in [-0.1, -0.05) is 23.7 Å². The maximum atomic E-state index is 11.8. The standard InChI is InChI=1S/C13H15ClN2O2S/c14-9-4-1-2-6-11(9)19-8-12(17)16-10-5-3-7-15-13(10)18/h1-2,4,6,10H,3,5,7-8H2,(H,15,18)(H,16,17)/t10-/m0/s1. The van der Waals surface area contributed by atoms with Gasteiger partial charge in [-0.15, -0.1) is 11.8 Å². The summed E-state index contributed by atoms with van der Waals surface area (Å²) >= 11 is 7.38. The maximum Gasteiger partial charge on any atom is 0.242 e.